The molecule has 11 nitrogen and oxygen atoms in total. The summed E-state index contributed by atoms with van der Waals surface area (Å²) in [5, 5.41) is 21.5. The van der Waals surface area contributed by atoms with Crippen LogP contribution in [-0.2, 0) is 22.7 Å². The summed E-state index contributed by atoms with van der Waals surface area (Å²) in [6, 6.07) is 1.98. The molecule has 2 N–H and O–H groups in total. The maximum atomic E-state index is 16.4. The smallest absolute Gasteiger partial charge is 0.409 e. The van der Waals surface area contributed by atoms with Crippen molar-refractivity contribution in [2.45, 2.75) is 31.8 Å². The van der Waals surface area contributed by atoms with Crippen molar-refractivity contribution in [3.8, 4) is 23.3 Å². The Morgan fingerprint density at radius 2 is 2.12 bits per heavy atom. The lowest BCUT2D eigenvalue weighted by Gasteiger charge is -2.18. The summed E-state index contributed by atoms with van der Waals surface area (Å²) in [7, 11) is 3.64. The zero-order valence-electron chi connectivity index (χ0n) is 21.3. The number of ether oxygens (including phenoxy) is 3. The fourth-order valence-corrected chi connectivity index (χ4v) is 6.37. The van der Waals surface area contributed by atoms with Crippen molar-refractivity contribution < 1.29 is 32.9 Å². The van der Waals surface area contributed by atoms with Gasteiger partial charge >= 0.3 is 12.1 Å². The van der Waals surface area contributed by atoms with Crippen molar-refractivity contribution in [3.63, 3.8) is 0 Å². The predicted molar refractivity (Wildman–Crippen MR) is 140 cm³/mol. The van der Waals surface area contributed by atoms with Crippen LogP contribution in [0.3, 0.4) is 0 Å². The average molecular weight is 569 g/mol. The number of pyridine rings is 1. The number of benzene rings is 1. The monoisotopic (exact) mass is 568 g/mol. The standard InChI is InChI=1S/C26H22F2N6O5S/c1-34-7-12(37-2)3-11(34)8-39-25-31-5-14-15-9-38-10-16(15)18(20(28)21(14)32-25)22-19-13(4-29)24(33-26(35)36)40-23(19)17(27)6-30-22/h5-6,11-12,33H,3,7-10H2,1-2H3,(H,35,36)/t11-,12-/m0/s1. The summed E-state index contributed by atoms with van der Waals surface area (Å²) in [6.07, 6.45) is 1.86. The van der Waals surface area contributed by atoms with Gasteiger partial charge in [-0.3, -0.25) is 15.2 Å². The number of carbonyl (C=O) groups is 1. The van der Waals surface area contributed by atoms with E-state index < -0.39 is 17.7 Å². The number of nitriles is 1. The number of halogens is 2. The van der Waals surface area contributed by atoms with Crippen molar-refractivity contribution in [1.29, 1.82) is 5.26 Å². The Labute approximate surface area is 229 Å². The van der Waals surface area contributed by atoms with Crippen LogP contribution in [0.25, 0.3) is 32.2 Å². The third-order valence-corrected chi connectivity index (χ3v) is 8.42. The molecule has 5 heterocycles. The molecule has 1 saturated heterocycles. The van der Waals surface area contributed by atoms with E-state index >= 15 is 4.39 Å². The number of amides is 1. The predicted octanol–water partition coefficient (Wildman–Crippen LogP) is 4.27. The lowest BCUT2D eigenvalue weighted by atomic mass is 9.94. The highest BCUT2D eigenvalue weighted by Crippen LogP contribution is 2.45. The molecule has 0 bridgehead atoms. The number of rotatable bonds is 6. The largest absolute Gasteiger partial charge is 0.465 e. The number of hydrogen-bond donors (Lipinski definition) is 2. The van der Waals surface area contributed by atoms with Crippen LogP contribution in [-0.4, -0.2) is 70.5 Å². The summed E-state index contributed by atoms with van der Waals surface area (Å²) >= 11 is 0.736. The first-order valence-corrected chi connectivity index (χ1v) is 13.1. The van der Waals surface area contributed by atoms with Gasteiger partial charge in [0.15, 0.2) is 11.6 Å². The van der Waals surface area contributed by atoms with Gasteiger partial charge in [-0.2, -0.15) is 10.2 Å². The minimum Gasteiger partial charge on any atom is -0.465 e. The normalized spacial score (nSPS) is 18.8. The highest BCUT2D eigenvalue weighted by molar-refractivity contribution is 7.23. The van der Waals surface area contributed by atoms with Gasteiger partial charge in [0.1, 0.15) is 23.2 Å². The quantitative estimate of drug-likeness (QED) is 0.346. The van der Waals surface area contributed by atoms with Crippen molar-refractivity contribution in [2.75, 3.05) is 32.6 Å². The van der Waals surface area contributed by atoms with Crippen LogP contribution in [0.1, 0.15) is 23.1 Å². The molecule has 0 unspecified atom stereocenters. The second kappa shape index (κ2) is 10.2. The molecule has 1 aromatic carbocycles. The van der Waals surface area contributed by atoms with Crippen LogP contribution in [0.5, 0.6) is 6.01 Å². The first-order valence-electron chi connectivity index (χ1n) is 12.3. The van der Waals surface area contributed by atoms with Crippen LogP contribution in [0.4, 0.5) is 18.6 Å². The van der Waals surface area contributed by atoms with Crippen LogP contribution >= 0.6 is 11.3 Å². The number of thiophene rings is 1. The van der Waals surface area contributed by atoms with E-state index in [2.05, 4.69) is 25.2 Å². The van der Waals surface area contributed by atoms with Gasteiger partial charge < -0.3 is 19.3 Å². The van der Waals surface area contributed by atoms with Gasteiger partial charge in [0.2, 0.25) is 0 Å². The third-order valence-electron chi connectivity index (χ3n) is 7.30. The number of nitrogens with zero attached hydrogens (tertiary/aromatic N) is 5. The SMILES string of the molecule is CO[C@H]1C[C@@H](COc2ncc3c4c(c(-c5ncc(F)c6sc(NC(=O)O)c(C#N)c56)c(F)c3n2)COC4)N(C)C1. The average Bonchev–Trinajstić information content (AvgIpc) is 3.65. The van der Waals surface area contributed by atoms with E-state index in [4.69, 9.17) is 14.2 Å². The molecule has 40 heavy (non-hydrogen) atoms. The van der Waals surface area contributed by atoms with Crippen LogP contribution in [0.2, 0.25) is 0 Å². The number of anilines is 1. The fourth-order valence-electron chi connectivity index (χ4n) is 5.33. The Morgan fingerprint density at radius 1 is 1.32 bits per heavy atom. The molecule has 0 spiro atoms. The highest BCUT2D eigenvalue weighted by Gasteiger charge is 2.32. The number of likely N-dealkylation sites (N-methyl/N-ethyl adjacent to an activating group) is 1. The van der Waals surface area contributed by atoms with Gasteiger partial charge in [-0.25, -0.2) is 18.6 Å². The van der Waals surface area contributed by atoms with E-state index in [-0.39, 0.29) is 75.4 Å². The molecule has 2 aliphatic heterocycles. The van der Waals surface area contributed by atoms with Crippen molar-refractivity contribution in [2.24, 2.45) is 0 Å². The molecule has 3 aromatic heterocycles. The zero-order chi connectivity index (χ0) is 28.1. The van der Waals surface area contributed by atoms with Crippen molar-refractivity contribution in [3.05, 3.63) is 40.7 Å². The number of carboxylic acid groups (broad SMARTS) is 1. The van der Waals surface area contributed by atoms with E-state index in [0.29, 0.717) is 16.5 Å². The maximum Gasteiger partial charge on any atom is 0.409 e. The number of fused-ring (bicyclic) bond motifs is 4. The molecular formula is C26H22F2N6O5S. The van der Waals surface area contributed by atoms with Crippen LogP contribution in [0, 0.1) is 23.0 Å². The maximum absolute atomic E-state index is 16.4. The first-order chi connectivity index (χ1) is 19.3. The summed E-state index contributed by atoms with van der Waals surface area (Å²) < 4.78 is 48.1. The van der Waals surface area contributed by atoms with Gasteiger partial charge in [-0.1, -0.05) is 0 Å². The second-order valence-electron chi connectivity index (χ2n) is 9.56. The van der Waals surface area contributed by atoms with Crippen LogP contribution in [0.15, 0.2) is 12.4 Å². The Kier molecular flexibility index (Phi) is 6.67. The second-order valence-corrected chi connectivity index (χ2v) is 10.6. The molecule has 1 amide bonds. The van der Waals surface area contributed by atoms with Gasteiger partial charge in [-0.05, 0) is 24.6 Å². The van der Waals surface area contributed by atoms with Gasteiger partial charge in [-0.15, -0.1) is 11.3 Å². The van der Waals surface area contributed by atoms with Gasteiger partial charge in [0.25, 0.3) is 0 Å². The topological polar surface area (TPSA) is 143 Å². The molecule has 0 saturated carbocycles. The van der Waals surface area contributed by atoms with E-state index in [9.17, 15) is 19.6 Å². The number of likely N-dealkylation sites (tertiary alicyclic amines) is 1. The third kappa shape index (κ3) is 4.27. The van der Waals surface area contributed by atoms with Crippen molar-refractivity contribution in [1.82, 2.24) is 19.9 Å². The highest BCUT2D eigenvalue weighted by atomic mass is 32.1. The molecule has 0 aliphatic carbocycles. The summed E-state index contributed by atoms with van der Waals surface area (Å²) in [4.78, 5) is 26.3. The molecule has 6 rings (SSSR count). The Balaban J connectivity index is 1.49. The van der Waals surface area contributed by atoms with Crippen LogP contribution < -0.4 is 10.1 Å². The first kappa shape index (κ1) is 26.2. The van der Waals surface area contributed by atoms with E-state index in [0.717, 1.165) is 30.5 Å². The van der Waals surface area contributed by atoms with E-state index in [1.807, 2.05) is 13.1 Å². The van der Waals surface area contributed by atoms with Gasteiger partial charge in [0.05, 0.1) is 41.5 Å². The minimum atomic E-state index is -1.42. The summed E-state index contributed by atoms with van der Waals surface area (Å²) in [6.45, 7) is 1.27. The van der Waals surface area contributed by atoms with Gasteiger partial charge in [0, 0.05) is 42.2 Å². The number of aromatic nitrogens is 3. The number of hydrogen-bond acceptors (Lipinski definition) is 10. The molecular weight excluding hydrogens is 546 g/mol. The minimum absolute atomic E-state index is 0.00397. The number of nitrogens with one attached hydrogen (secondary N) is 1. The molecule has 206 valence electrons. The fraction of sp³-hybridized carbons (Fsp3) is 0.346. The molecule has 2 atom stereocenters. The summed E-state index contributed by atoms with van der Waals surface area (Å²) in [5.41, 5.74) is 0.929. The molecule has 4 aromatic rings. The lowest BCUT2D eigenvalue weighted by molar-refractivity contribution is 0.111. The van der Waals surface area contributed by atoms with E-state index in [1.165, 1.54) is 6.20 Å². The molecule has 14 heteroatoms. The Bertz CT molecular complexity index is 1720. The number of methoxy groups -OCH3 is 1. The Morgan fingerprint density at radius 3 is 2.85 bits per heavy atom. The van der Waals surface area contributed by atoms with E-state index in [1.54, 1.807) is 7.11 Å². The molecule has 0 radical (unpaired) electrons. The van der Waals surface area contributed by atoms with Crippen molar-refractivity contribution >= 4 is 43.4 Å². The molecule has 2 aliphatic rings. The lowest BCUT2D eigenvalue weighted by Crippen LogP contribution is -2.31. The Hall–Kier alpha value is -4.03. The molecule has 1 fully saturated rings. The zero-order valence-corrected chi connectivity index (χ0v) is 22.1. The summed E-state index contributed by atoms with van der Waals surface area (Å²) in [5.74, 6) is -1.52.